The molecule has 1 aliphatic heterocycles. The van der Waals surface area contributed by atoms with Crippen molar-refractivity contribution in [2.24, 2.45) is 11.3 Å². The maximum absolute atomic E-state index is 5.99. The smallest absolute Gasteiger partial charge is 0.141 e. The van der Waals surface area contributed by atoms with Crippen molar-refractivity contribution in [2.75, 3.05) is 19.8 Å². The van der Waals surface area contributed by atoms with Crippen LogP contribution in [0.25, 0.3) is 0 Å². The number of hydrogen-bond acceptors (Lipinski definition) is 2. The SMILES string of the molecule is CCCN1COC(C(C)(C)C)=C(C(C)C)C1. The van der Waals surface area contributed by atoms with Crippen LogP contribution < -0.4 is 0 Å². The molecule has 94 valence electrons. The van der Waals surface area contributed by atoms with Crippen LogP contribution in [0.2, 0.25) is 0 Å². The Labute approximate surface area is 101 Å². The van der Waals surface area contributed by atoms with Gasteiger partial charge in [0.25, 0.3) is 0 Å². The van der Waals surface area contributed by atoms with Gasteiger partial charge >= 0.3 is 0 Å². The lowest BCUT2D eigenvalue weighted by molar-refractivity contribution is 0.0245. The van der Waals surface area contributed by atoms with Crippen molar-refractivity contribution in [2.45, 2.75) is 48.0 Å². The molecule has 0 spiro atoms. The third-order valence-electron chi connectivity index (χ3n) is 3.00. The number of rotatable bonds is 3. The Morgan fingerprint density at radius 1 is 1.31 bits per heavy atom. The van der Waals surface area contributed by atoms with Crippen molar-refractivity contribution in [3.05, 3.63) is 11.3 Å². The first-order valence-electron chi connectivity index (χ1n) is 6.45. The average molecular weight is 225 g/mol. The van der Waals surface area contributed by atoms with E-state index in [1.54, 1.807) is 0 Å². The fraction of sp³-hybridized carbons (Fsp3) is 0.857. The summed E-state index contributed by atoms with van der Waals surface area (Å²) >= 11 is 0. The van der Waals surface area contributed by atoms with E-state index in [-0.39, 0.29) is 5.41 Å². The van der Waals surface area contributed by atoms with Gasteiger partial charge in [-0.2, -0.15) is 0 Å². The molecule has 16 heavy (non-hydrogen) atoms. The van der Waals surface area contributed by atoms with Crippen molar-refractivity contribution in [3.63, 3.8) is 0 Å². The molecular weight excluding hydrogens is 198 g/mol. The fourth-order valence-corrected chi connectivity index (χ4v) is 2.21. The minimum atomic E-state index is 0.137. The van der Waals surface area contributed by atoms with E-state index in [9.17, 15) is 0 Å². The third kappa shape index (κ3) is 3.24. The van der Waals surface area contributed by atoms with Crippen LogP contribution in [0.4, 0.5) is 0 Å². The van der Waals surface area contributed by atoms with Gasteiger partial charge < -0.3 is 4.74 Å². The molecule has 0 aromatic heterocycles. The number of nitrogens with zero attached hydrogens (tertiary/aromatic N) is 1. The van der Waals surface area contributed by atoms with Gasteiger partial charge in [0.15, 0.2) is 0 Å². The van der Waals surface area contributed by atoms with E-state index in [0.717, 1.165) is 19.8 Å². The van der Waals surface area contributed by atoms with Gasteiger partial charge in [0.1, 0.15) is 12.5 Å². The molecule has 0 saturated heterocycles. The molecular formula is C14H27NO. The molecule has 0 aromatic rings. The summed E-state index contributed by atoms with van der Waals surface area (Å²) in [6, 6.07) is 0. The van der Waals surface area contributed by atoms with Crippen molar-refractivity contribution >= 4 is 0 Å². The van der Waals surface area contributed by atoms with E-state index >= 15 is 0 Å². The summed E-state index contributed by atoms with van der Waals surface area (Å²) in [5.41, 5.74) is 1.62. The highest BCUT2D eigenvalue weighted by Crippen LogP contribution is 2.34. The Morgan fingerprint density at radius 3 is 2.38 bits per heavy atom. The predicted octanol–water partition coefficient (Wildman–Crippen LogP) is 3.64. The molecule has 1 rings (SSSR count). The second-order valence-corrected chi connectivity index (χ2v) is 6.09. The van der Waals surface area contributed by atoms with Crippen LogP contribution in [0, 0.1) is 11.3 Å². The molecule has 2 nitrogen and oxygen atoms in total. The molecule has 0 N–H and O–H groups in total. The second-order valence-electron chi connectivity index (χ2n) is 6.09. The topological polar surface area (TPSA) is 12.5 Å². The molecule has 0 aromatic carbocycles. The summed E-state index contributed by atoms with van der Waals surface area (Å²) in [7, 11) is 0. The summed E-state index contributed by atoms with van der Waals surface area (Å²) in [6.45, 7) is 16.4. The maximum Gasteiger partial charge on any atom is 0.141 e. The molecule has 0 amide bonds. The zero-order valence-corrected chi connectivity index (χ0v) is 11.8. The highest BCUT2D eigenvalue weighted by Gasteiger charge is 2.29. The monoisotopic (exact) mass is 225 g/mol. The zero-order chi connectivity index (χ0) is 12.3. The van der Waals surface area contributed by atoms with Crippen molar-refractivity contribution in [1.82, 2.24) is 4.90 Å². The average Bonchev–Trinajstić information content (AvgIpc) is 2.16. The third-order valence-corrected chi connectivity index (χ3v) is 3.00. The van der Waals surface area contributed by atoms with Gasteiger partial charge in [0.05, 0.1) is 0 Å². The summed E-state index contributed by atoms with van der Waals surface area (Å²) < 4.78 is 5.99. The Bertz CT molecular complexity index is 260. The lowest BCUT2D eigenvalue weighted by Gasteiger charge is -2.37. The Hall–Kier alpha value is -0.500. The van der Waals surface area contributed by atoms with Crippen LogP contribution in [0.1, 0.15) is 48.0 Å². The maximum atomic E-state index is 5.99. The fourth-order valence-electron chi connectivity index (χ4n) is 2.21. The quantitative estimate of drug-likeness (QED) is 0.727. The summed E-state index contributed by atoms with van der Waals surface area (Å²) in [6.07, 6.45) is 1.19. The Morgan fingerprint density at radius 2 is 1.94 bits per heavy atom. The van der Waals surface area contributed by atoms with Crippen LogP contribution in [0.3, 0.4) is 0 Å². The zero-order valence-electron chi connectivity index (χ0n) is 11.8. The molecule has 0 fully saturated rings. The minimum Gasteiger partial charge on any atom is -0.482 e. The van der Waals surface area contributed by atoms with Crippen molar-refractivity contribution < 1.29 is 4.74 Å². The first-order chi connectivity index (χ1) is 7.36. The van der Waals surface area contributed by atoms with E-state index in [2.05, 4.69) is 46.4 Å². The van der Waals surface area contributed by atoms with E-state index in [4.69, 9.17) is 4.74 Å². The number of allylic oxidation sites excluding steroid dienone is 1. The molecule has 0 bridgehead atoms. The molecule has 0 unspecified atom stereocenters. The van der Waals surface area contributed by atoms with Crippen LogP contribution in [0.5, 0.6) is 0 Å². The highest BCUT2D eigenvalue weighted by molar-refractivity contribution is 5.19. The van der Waals surface area contributed by atoms with Crippen LogP contribution in [-0.2, 0) is 4.74 Å². The first kappa shape index (κ1) is 13.6. The first-order valence-corrected chi connectivity index (χ1v) is 6.45. The molecule has 2 heteroatoms. The van der Waals surface area contributed by atoms with Gasteiger partial charge in [-0.25, -0.2) is 0 Å². The van der Waals surface area contributed by atoms with Gasteiger partial charge in [-0.1, -0.05) is 41.5 Å². The van der Waals surface area contributed by atoms with Crippen LogP contribution in [-0.4, -0.2) is 24.7 Å². The highest BCUT2D eigenvalue weighted by atomic mass is 16.5. The van der Waals surface area contributed by atoms with E-state index < -0.39 is 0 Å². The van der Waals surface area contributed by atoms with Crippen LogP contribution >= 0.6 is 0 Å². The number of ether oxygens (including phenoxy) is 1. The van der Waals surface area contributed by atoms with E-state index in [1.807, 2.05) is 0 Å². The molecule has 1 heterocycles. The Balaban J connectivity index is 2.89. The van der Waals surface area contributed by atoms with Crippen molar-refractivity contribution in [3.8, 4) is 0 Å². The van der Waals surface area contributed by atoms with Gasteiger partial charge in [-0.3, -0.25) is 4.90 Å². The van der Waals surface area contributed by atoms with E-state index in [1.165, 1.54) is 17.8 Å². The van der Waals surface area contributed by atoms with E-state index in [0.29, 0.717) is 5.92 Å². The molecule has 1 aliphatic rings. The minimum absolute atomic E-state index is 0.137. The van der Waals surface area contributed by atoms with Crippen LogP contribution in [0.15, 0.2) is 11.3 Å². The van der Waals surface area contributed by atoms with Gasteiger partial charge in [0.2, 0.25) is 0 Å². The van der Waals surface area contributed by atoms with Gasteiger partial charge in [-0.15, -0.1) is 0 Å². The van der Waals surface area contributed by atoms with Gasteiger partial charge in [0, 0.05) is 18.5 Å². The normalized spacial score (nSPS) is 19.2. The Kier molecular flexibility index (Phi) is 4.43. The summed E-state index contributed by atoms with van der Waals surface area (Å²) in [4.78, 5) is 2.39. The predicted molar refractivity (Wildman–Crippen MR) is 69.1 cm³/mol. The standard InChI is InChI=1S/C14H27NO/c1-7-8-15-9-12(11(2)3)13(16-10-15)14(4,5)6/h11H,7-10H2,1-6H3. The molecule has 0 saturated carbocycles. The summed E-state index contributed by atoms with van der Waals surface area (Å²) in [5.74, 6) is 1.80. The second kappa shape index (κ2) is 5.22. The molecule has 0 radical (unpaired) electrons. The summed E-state index contributed by atoms with van der Waals surface area (Å²) in [5, 5.41) is 0. The largest absolute Gasteiger partial charge is 0.482 e. The lowest BCUT2D eigenvalue weighted by Crippen LogP contribution is -2.37. The molecule has 0 atom stereocenters. The number of hydrogen-bond donors (Lipinski definition) is 0. The lowest BCUT2D eigenvalue weighted by atomic mass is 9.86. The van der Waals surface area contributed by atoms with Crippen molar-refractivity contribution in [1.29, 1.82) is 0 Å². The molecule has 0 aliphatic carbocycles. The van der Waals surface area contributed by atoms with Gasteiger partial charge in [-0.05, 0) is 17.9 Å².